The summed E-state index contributed by atoms with van der Waals surface area (Å²) in [7, 11) is 0. The van der Waals surface area contributed by atoms with Gasteiger partial charge in [0.2, 0.25) is 0 Å². The normalized spacial score (nSPS) is 14.8. The van der Waals surface area contributed by atoms with Gasteiger partial charge in [-0.3, -0.25) is 4.98 Å². The van der Waals surface area contributed by atoms with Gasteiger partial charge in [-0.2, -0.15) is 0 Å². The largest absolute Gasteiger partial charge is 0.486 e. The molecule has 1 aliphatic rings. The highest BCUT2D eigenvalue weighted by Gasteiger charge is 2.12. The zero-order valence-electron chi connectivity index (χ0n) is 11.9. The molecule has 0 saturated heterocycles. The topological polar surface area (TPSA) is 57.4 Å². The Kier molecular flexibility index (Phi) is 4.31. The van der Waals surface area contributed by atoms with E-state index in [2.05, 4.69) is 18.0 Å². The molecule has 2 heterocycles. The van der Waals surface area contributed by atoms with E-state index >= 15 is 0 Å². The number of nitrogens with zero attached hydrogens (tertiary/aromatic N) is 1. The lowest BCUT2D eigenvalue weighted by molar-refractivity contribution is 0.171. The number of aromatic nitrogens is 1. The maximum absolute atomic E-state index is 5.97. The van der Waals surface area contributed by atoms with Gasteiger partial charge in [0.25, 0.3) is 0 Å². The Balaban J connectivity index is 1.74. The minimum atomic E-state index is 0.0124. The Bertz CT molecular complexity index is 616. The first-order valence-electron chi connectivity index (χ1n) is 7.05. The molecule has 3 rings (SSSR count). The van der Waals surface area contributed by atoms with E-state index in [4.69, 9.17) is 15.2 Å². The summed E-state index contributed by atoms with van der Waals surface area (Å²) in [4.78, 5) is 6.62. The number of rotatable bonds is 4. The van der Waals surface area contributed by atoms with Crippen LogP contribution in [0.1, 0.15) is 25.1 Å². The molecule has 1 aromatic carbocycles. The maximum atomic E-state index is 5.97. The van der Waals surface area contributed by atoms with Gasteiger partial charge < -0.3 is 15.2 Å². The van der Waals surface area contributed by atoms with Crippen LogP contribution in [0.25, 0.3) is 0 Å². The second-order valence-electron chi connectivity index (χ2n) is 4.84. The lowest BCUT2D eigenvalue weighted by Crippen LogP contribution is -2.15. The predicted octanol–water partition coefficient (Wildman–Crippen LogP) is 3.41. The van der Waals surface area contributed by atoms with Gasteiger partial charge in [0, 0.05) is 22.0 Å². The van der Waals surface area contributed by atoms with Crippen molar-refractivity contribution in [3.63, 3.8) is 0 Å². The summed E-state index contributed by atoms with van der Waals surface area (Å²) in [5, 5.41) is 0. The molecule has 4 nitrogen and oxygen atoms in total. The van der Waals surface area contributed by atoms with Crippen LogP contribution in [-0.4, -0.2) is 18.2 Å². The third-order valence-electron chi connectivity index (χ3n) is 3.33. The monoisotopic (exact) mass is 302 g/mol. The van der Waals surface area contributed by atoms with Crippen LogP contribution in [0, 0.1) is 0 Å². The van der Waals surface area contributed by atoms with E-state index in [0.29, 0.717) is 13.2 Å². The van der Waals surface area contributed by atoms with Crippen LogP contribution in [0.2, 0.25) is 0 Å². The standard InChI is InChI=1S/C16H18N2O2S/c1-2-13(17)14-5-3-12(10-18-14)21-11-4-6-15-16(9-11)20-8-7-19-15/h3-6,9-10,13H,2,7-8,17H2,1H3. The first-order valence-corrected chi connectivity index (χ1v) is 7.87. The van der Waals surface area contributed by atoms with Gasteiger partial charge in [0.15, 0.2) is 11.5 Å². The zero-order chi connectivity index (χ0) is 14.7. The van der Waals surface area contributed by atoms with Gasteiger partial charge in [0.1, 0.15) is 13.2 Å². The molecule has 1 atom stereocenters. The minimum Gasteiger partial charge on any atom is -0.486 e. The fraction of sp³-hybridized carbons (Fsp3) is 0.312. The highest BCUT2D eigenvalue weighted by atomic mass is 32.2. The van der Waals surface area contributed by atoms with E-state index < -0.39 is 0 Å². The molecule has 0 bridgehead atoms. The fourth-order valence-corrected chi connectivity index (χ4v) is 2.92. The molecule has 1 unspecified atom stereocenters. The van der Waals surface area contributed by atoms with Crippen molar-refractivity contribution in [2.75, 3.05) is 13.2 Å². The third kappa shape index (κ3) is 3.31. The average Bonchev–Trinajstić information content (AvgIpc) is 2.55. The van der Waals surface area contributed by atoms with E-state index in [9.17, 15) is 0 Å². The molecule has 2 N–H and O–H groups in total. The Morgan fingerprint density at radius 2 is 1.90 bits per heavy atom. The molecule has 1 aliphatic heterocycles. The molecular formula is C16H18N2O2S. The Hall–Kier alpha value is -1.72. The fourth-order valence-electron chi connectivity index (χ4n) is 2.10. The number of benzene rings is 1. The first kappa shape index (κ1) is 14.2. The molecule has 0 amide bonds. The van der Waals surface area contributed by atoms with Crippen LogP contribution >= 0.6 is 11.8 Å². The highest BCUT2D eigenvalue weighted by Crippen LogP contribution is 2.36. The first-order chi connectivity index (χ1) is 10.3. The van der Waals surface area contributed by atoms with Crippen molar-refractivity contribution in [1.82, 2.24) is 4.98 Å². The van der Waals surface area contributed by atoms with E-state index in [1.807, 2.05) is 30.5 Å². The zero-order valence-corrected chi connectivity index (χ0v) is 12.7. The number of nitrogens with two attached hydrogens (primary N) is 1. The molecule has 0 spiro atoms. The molecule has 1 aromatic heterocycles. The van der Waals surface area contributed by atoms with Gasteiger partial charge >= 0.3 is 0 Å². The Morgan fingerprint density at radius 3 is 2.62 bits per heavy atom. The summed E-state index contributed by atoms with van der Waals surface area (Å²) >= 11 is 1.65. The summed E-state index contributed by atoms with van der Waals surface area (Å²) < 4.78 is 11.1. The number of ether oxygens (including phenoxy) is 2. The van der Waals surface area contributed by atoms with Gasteiger partial charge in [0.05, 0.1) is 5.69 Å². The molecule has 0 saturated carbocycles. The molecule has 21 heavy (non-hydrogen) atoms. The van der Waals surface area contributed by atoms with Crippen LogP contribution in [0.3, 0.4) is 0 Å². The average molecular weight is 302 g/mol. The van der Waals surface area contributed by atoms with Gasteiger partial charge in [-0.1, -0.05) is 18.7 Å². The number of hydrogen-bond donors (Lipinski definition) is 1. The third-order valence-corrected chi connectivity index (χ3v) is 4.30. The summed E-state index contributed by atoms with van der Waals surface area (Å²) in [5.74, 6) is 1.62. The van der Waals surface area contributed by atoms with E-state index in [-0.39, 0.29) is 6.04 Å². The van der Waals surface area contributed by atoms with Crippen molar-refractivity contribution >= 4 is 11.8 Å². The van der Waals surface area contributed by atoms with Gasteiger partial charge in [-0.15, -0.1) is 0 Å². The van der Waals surface area contributed by atoms with Crippen LogP contribution < -0.4 is 15.2 Å². The lowest BCUT2D eigenvalue weighted by Gasteiger charge is -2.18. The smallest absolute Gasteiger partial charge is 0.162 e. The van der Waals surface area contributed by atoms with Crippen molar-refractivity contribution in [1.29, 1.82) is 0 Å². The van der Waals surface area contributed by atoms with E-state index in [1.165, 1.54) is 0 Å². The second-order valence-corrected chi connectivity index (χ2v) is 5.99. The van der Waals surface area contributed by atoms with Crippen LogP contribution in [0.5, 0.6) is 11.5 Å². The van der Waals surface area contributed by atoms with Crippen molar-refractivity contribution in [3.8, 4) is 11.5 Å². The molecule has 2 aromatic rings. The van der Waals surface area contributed by atoms with E-state index in [0.717, 1.165) is 33.4 Å². The molecule has 5 heteroatoms. The molecule has 0 aliphatic carbocycles. The summed E-state index contributed by atoms with van der Waals surface area (Å²) in [6, 6.07) is 10.0. The van der Waals surface area contributed by atoms with Crippen molar-refractivity contribution in [2.45, 2.75) is 29.2 Å². The number of hydrogen-bond acceptors (Lipinski definition) is 5. The molecule has 0 fully saturated rings. The molecular weight excluding hydrogens is 284 g/mol. The van der Waals surface area contributed by atoms with Crippen molar-refractivity contribution < 1.29 is 9.47 Å². The summed E-state index contributed by atoms with van der Waals surface area (Å²) in [6.07, 6.45) is 2.76. The van der Waals surface area contributed by atoms with E-state index in [1.54, 1.807) is 11.8 Å². The Labute approximate surface area is 128 Å². The van der Waals surface area contributed by atoms with Crippen LogP contribution in [0.4, 0.5) is 0 Å². The number of pyridine rings is 1. The lowest BCUT2D eigenvalue weighted by atomic mass is 10.1. The predicted molar refractivity (Wildman–Crippen MR) is 83.0 cm³/mol. The highest BCUT2D eigenvalue weighted by molar-refractivity contribution is 7.99. The minimum absolute atomic E-state index is 0.0124. The van der Waals surface area contributed by atoms with Crippen molar-refractivity contribution in [3.05, 3.63) is 42.2 Å². The Morgan fingerprint density at radius 1 is 1.14 bits per heavy atom. The summed E-state index contributed by atoms with van der Waals surface area (Å²) in [6.45, 7) is 3.28. The second kappa shape index (κ2) is 6.37. The molecule has 110 valence electrons. The maximum Gasteiger partial charge on any atom is 0.162 e. The summed E-state index contributed by atoms with van der Waals surface area (Å²) in [5.41, 5.74) is 6.91. The van der Waals surface area contributed by atoms with Gasteiger partial charge in [-0.05, 0) is 36.8 Å². The van der Waals surface area contributed by atoms with Crippen LogP contribution in [-0.2, 0) is 0 Å². The quantitative estimate of drug-likeness (QED) is 0.938. The SMILES string of the molecule is CCC(N)c1ccc(Sc2ccc3c(c2)OCCO3)cn1. The molecule has 0 radical (unpaired) electrons. The van der Waals surface area contributed by atoms with Crippen molar-refractivity contribution in [2.24, 2.45) is 5.73 Å². The van der Waals surface area contributed by atoms with Crippen LogP contribution in [0.15, 0.2) is 46.3 Å². The number of fused-ring (bicyclic) bond motifs is 1. The van der Waals surface area contributed by atoms with Gasteiger partial charge in [-0.25, -0.2) is 0 Å².